The summed E-state index contributed by atoms with van der Waals surface area (Å²) in [6, 6.07) is 4.96. The van der Waals surface area contributed by atoms with Gasteiger partial charge in [-0.15, -0.1) is 0 Å². The van der Waals surface area contributed by atoms with Crippen LogP contribution in [0, 0.1) is 5.82 Å². The number of sulfonamides is 1. The van der Waals surface area contributed by atoms with Crippen LogP contribution in [0.15, 0.2) is 35.5 Å². The van der Waals surface area contributed by atoms with Crippen molar-refractivity contribution in [3.63, 3.8) is 0 Å². The van der Waals surface area contributed by atoms with Gasteiger partial charge in [-0.05, 0) is 31.3 Å². The molecular formula is C10H9ClFN3O2S. The zero-order valence-electron chi connectivity index (χ0n) is 9.26. The van der Waals surface area contributed by atoms with Crippen molar-refractivity contribution in [1.29, 1.82) is 0 Å². The number of hydrogen-bond donors (Lipinski definition) is 1. The highest BCUT2D eigenvalue weighted by atomic mass is 35.5. The Labute approximate surface area is 108 Å². The topological polar surface area (TPSA) is 64.0 Å². The van der Waals surface area contributed by atoms with E-state index >= 15 is 0 Å². The first-order valence-corrected chi connectivity index (χ1v) is 6.75. The Morgan fingerprint density at radius 2 is 2.11 bits per heavy atom. The minimum absolute atomic E-state index is 0.0708. The Hall–Kier alpha value is -1.44. The number of rotatable bonds is 3. The van der Waals surface area contributed by atoms with E-state index in [1.807, 2.05) is 0 Å². The number of aromatic nitrogens is 2. The molecule has 0 fully saturated rings. The molecule has 18 heavy (non-hydrogen) atoms. The van der Waals surface area contributed by atoms with E-state index in [0.717, 1.165) is 10.7 Å². The monoisotopic (exact) mass is 289 g/mol. The van der Waals surface area contributed by atoms with Gasteiger partial charge in [-0.25, -0.2) is 22.2 Å². The van der Waals surface area contributed by atoms with Crippen LogP contribution in [-0.4, -0.2) is 25.2 Å². The molecule has 2 aromatic rings. The normalized spacial score (nSPS) is 11.7. The number of hydrogen-bond acceptors (Lipinski definition) is 3. The van der Waals surface area contributed by atoms with Crippen molar-refractivity contribution in [2.75, 3.05) is 7.05 Å². The zero-order valence-corrected chi connectivity index (χ0v) is 10.8. The van der Waals surface area contributed by atoms with E-state index in [-0.39, 0.29) is 15.7 Å². The van der Waals surface area contributed by atoms with Crippen LogP contribution in [0.5, 0.6) is 0 Å². The Kier molecular flexibility index (Phi) is 3.38. The summed E-state index contributed by atoms with van der Waals surface area (Å²) in [5.41, 5.74) is 0.289. The van der Waals surface area contributed by atoms with Crippen molar-refractivity contribution in [2.45, 2.75) is 5.03 Å². The third kappa shape index (κ3) is 2.24. The fourth-order valence-corrected chi connectivity index (χ4v) is 2.50. The summed E-state index contributed by atoms with van der Waals surface area (Å²) < 4.78 is 39.7. The summed E-state index contributed by atoms with van der Waals surface area (Å²) in [6.45, 7) is 0. The highest BCUT2D eigenvalue weighted by Crippen LogP contribution is 2.23. The lowest BCUT2D eigenvalue weighted by Crippen LogP contribution is -2.22. The van der Waals surface area contributed by atoms with Crippen LogP contribution >= 0.6 is 11.6 Å². The van der Waals surface area contributed by atoms with Crippen LogP contribution < -0.4 is 4.72 Å². The quantitative estimate of drug-likeness (QED) is 0.933. The fraction of sp³-hybridized carbons (Fsp3) is 0.100. The molecular weight excluding hydrogens is 281 g/mol. The Balaban J connectivity index is 2.63. The average Bonchev–Trinajstić information content (AvgIpc) is 2.78. The summed E-state index contributed by atoms with van der Waals surface area (Å²) >= 11 is 5.87. The predicted octanol–water partition coefficient (Wildman–Crippen LogP) is 1.57. The molecule has 0 saturated heterocycles. The van der Waals surface area contributed by atoms with Crippen LogP contribution in [-0.2, 0) is 10.0 Å². The minimum Gasteiger partial charge on any atom is -0.219 e. The maximum absolute atomic E-state index is 12.9. The second kappa shape index (κ2) is 4.68. The van der Waals surface area contributed by atoms with Gasteiger partial charge in [0.05, 0.1) is 16.9 Å². The first-order chi connectivity index (χ1) is 8.45. The molecule has 1 heterocycles. The van der Waals surface area contributed by atoms with Crippen LogP contribution in [0.25, 0.3) is 5.69 Å². The number of halogens is 2. The predicted molar refractivity (Wildman–Crippen MR) is 64.8 cm³/mol. The lowest BCUT2D eigenvalue weighted by Gasteiger charge is -2.09. The van der Waals surface area contributed by atoms with Gasteiger partial charge in [0.15, 0.2) is 5.03 Å². The van der Waals surface area contributed by atoms with Crippen molar-refractivity contribution < 1.29 is 12.8 Å². The van der Waals surface area contributed by atoms with Crippen LogP contribution in [0.4, 0.5) is 4.39 Å². The Morgan fingerprint density at radius 3 is 2.72 bits per heavy atom. The van der Waals surface area contributed by atoms with Gasteiger partial charge in [0, 0.05) is 0 Å². The van der Waals surface area contributed by atoms with Gasteiger partial charge >= 0.3 is 0 Å². The van der Waals surface area contributed by atoms with Crippen molar-refractivity contribution in [3.8, 4) is 5.69 Å². The van der Waals surface area contributed by atoms with E-state index in [1.54, 1.807) is 0 Å². The molecule has 0 atom stereocenters. The summed E-state index contributed by atoms with van der Waals surface area (Å²) in [6.07, 6.45) is 1.32. The standard InChI is InChI=1S/C10H9ClFN3O2S/c1-13-18(16,17)10-4-5-14-15(10)9-3-2-7(12)6-8(9)11/h2-6,13H,1H3. The third-order valence-electron chi connectivity index (χ3n) is 2.29. The lowest BCUT2D eigenvalue weighted by molar-refractivity contribution is 0.578. The van der Waals surface area contributed by atoms with Gasteiger partial charge in [-0.2, -0.15) is 5.10 Å². The van der Waals surface area contributed by atoms with E-state index in [0.29, 0.717) is 0 Å². The van der Waals surface area contributed by atoms with Gasteiger partial charge in [0.2, 0.25) is 0 Å². The molecule has 1 aromatic heterocycles. The molecule has 5 nitrogen and oxygen atoms in total. The van der Waals surface area contributed by atoms with Gasteiger partial charge in [-0.1, -0.05) is 11.6 Å². The molecule has 0 unspecified atom stereocenters. The second-order valence-corrected chi connectivity index (χ2v) is 5.63. The summed E-state index contributed by atoms with van der Waals surface area (Å²) in [5.74, 6) is -0.506. The first-order valence-electron chi connectivity index (χ1n) is 4.89. The van der Waals surface area contributed by atoms with Gasteiger partial charge in [0.25, 0.3) is 10.0 Å². The number of benzene rings is 1. The van der Waals surface area contributed by atoms with E-state index in [9.17, 15) is 12.8 Å². The molecule has 0 radical (unpaired) electrons. The molecule has 1 aromatic carbocycles. The van der Waals surface area contributed by atoms with Gasteiger partial charge < -0.3 is 0 Å². The second-order valence-electron chi connectivity index (χ2n) is 3.38. The number of nitrogens with one attached hydrogen (secondary N) is 1. The fourth-order valence-electron chi connectivity index (χ4n) is 1.43. The van der Waals surface area contributed by atoms with E-state index in [1.165, 1.54) is 31.4 Å². The largest absolute Gasteiger partial charge is 0.257 e. The SMILES string of the molecule is CNS(=O)(=O)c1ccnn1-c1ccc(F)cc1Cl. The lowest BCUT2D eigenvalue weighted by atomic mass is 10.3. The molecule has 0 amide bonds. The molecule has 0 spiro atoms. The van der Waals surface area contributed by atoms with Crippen molar-refractivity contribution in [3.05, 3.63) is 41.3 Å². The molecule has 0 saturated carbocycles. The Morgan fingerprint density at radius 1 is 1.39 bits per heavy atom. The molecule has 0 aliphatic carbocycles. The third-order valence-corrected chi connectivity index (χ3v) is 3.99. The average molecular weight is 290 g/mol. The van der Waals surface area contributed by atoms with Crippen molar-refractivity contribution >= 4 is 21.6 Å². The summed E-state index contributed by atoms with van der Waals surface area (Å²) in [5, 5.41) is 3.89. The molecule has 0 bridgehead atoms. The van der Waals surface area contributed by atoms with Crippen molar-refractivity contribution in [1.82, 2.24) is 14.5 Å². The van der Waals surface area contributed by atoms with Crippen LogP contribution in [0.2, 0.25) is 5.02 Å². The molecule has 2 rings (SSSR count). The van der Waals surface area contributed by atoms with Crippen molar-refractivity contribution in [2.24, 2.45) is 0 Å². The molecule has 0 aliphatic rings. The molecule has 96 valence electrons. The minimum atomic E-state index is -3.66. The smallest absolute Gasteiger partial charge is 0.219 e. The highest BCUT2D eigenvalue weighted by Gasteiger charge is 2.19. The summed E-state index contributed by atoms with van der Waals surface area (Å²) in [7, 11) is -2.37. The van der Waals surface area contributed by atoms with E-state index in [2.05, 4.69) is 9.82 Å². The maximum atomic E-state index is 12.9. The van der Waals surface area contributed by atoms with E-state index < -0.39 is 15.8 Å². The molecule has 0 aliphatic heterocycles. The molecule has 1 N–H and O–H groups in total. The first kappa shape index (κ1) is 13.0. The molecule has 8 heteroatoms. The maximum Gasteiger partial charge on any atom is 0.257 e. The highest BCUT2D eigenvalue weighted by molar-refractivity contribution is 7.89. The van der Waals surface area contributed by atoms with Gasteiger partial charge in [0.1, 0.15) is 5.82 Å². The number of nitrogens with zero attached hydrogens (tertiary/aromatic N) is 2. The van der Waals surface area contributed by atoms with Crippen LogP contribution in [0.3, 0.4) is 0 Å². The Bertz CT molecular complexity index is 684. The summed E-state index contributed by atoms with van der Waals surface area (Å²) in [4.78, 5) is 0. The van der Waals surface area contributed by atoms with Crippen LogP contribution in [0.1, 0.15) is 0 Å². The van der Waals surface area contributed by atoms with Gasteiger partial charge in [-0.3, -0.25) is 0 Å². The zero-order chi connectivity index (χ0) is 13.3. The van der Waals surface area contributed by atoms with E-state index in [4.69, 9.17) is 11.6 Å².